The van der Waals surface area contributed by atoms with E-state index in [0.29, 0.717) is 13.2 Å². The smallest absolute Gasteiger partial charge is 0.253 e. The molecule has 0 aromatic heterocycles. The van der Waals surface area contributed by atoms with Gasteiger partial charge >= 0.3 is 0 Å². The van der Waals surface area contributed by atoms with Gasteiger partial charge in [0.1, 0.15) is 4.90 Å². The standard InChI is InChI=1S/C22H25Cl2N3O4S/c1-14(15-2-6-17(7-3-15)27-8-10-31-11-9-27)25-22(28)18-12-21(20(24)13-19(18)23)32(29,30)26-16-4-5-16/h2-3,6-7,12-14,16,26H,4-5,8-11H2,1H3,(H,25,28). The van der Waals surface area contributed by atoms with Crippen LogP contribution in [0, 0.1) is 0 Å². The van der Waals surface area contributed by atoms with Crippen LogP contribution in [0.5, 0.6) is 0 Å². The molecule has 1 saturated heterocycles. The molecule has 4 rings (SSSR count). The number of hydrogen-bond donors (Lipinski definition) is 2. The molecule has 10 heteroatoms. The van der Waals surface area contributed by atoms with Crippen LogP contribution in [0.25, 0.3) is 0 Å². The van der Waals surface area contributed by atoms with E-state index in [9.17, 15) is 13.2 Å². The number of carbonyl (C=O) groups excluding carboxylic acids is 1. The lowest BCUT2D eigenvalue weighted by Gasteiger charge is -2.29. The number of ether oxygens (including phenoxy) is 1. The maximum absolute atomic E-state index is 12.9. The number of sulfonamides is 1. The highest BCUT2D eigenvalue weighted by Crippen LogP contribution is 2.31. The van der Waals surface area contributed by atoms with Crippen LogP contribution in [0.2, 0.25) is 10.0 Å². The number of amides is 1. The minimum Gasteiger partial charge on any atom is -0.378 e. The number of morpholine rings is 1. The third-order valence-corrected chi connectivity index (χ3v) is 7.87. The fourth-order valence-electron chi connectivity index (χ4n) is 3.55. The normalized spacial score (nSPS) is 17.8. The zero-order valence-electron chi connectivity index (χ0n) is 17.6. The second-order valence-corrected chi connectivity index (χ2v) is 10.5. The van der Waals surface area contributed by atoms with Gasteiger partial charge in [0, 0.05) is 24.8 Å². The number of carbonyl (C=O) groups is 1. The molecule has 1 heterocycles. The first-order valence-corrected chi connectivity index (χ1v) is 12.7. The highest BCUT2D eigenvalue weighted by atomic mass is 35.5. The lowest BCUT2D eigenvalue weighted by atomic mass is 10.1. The molecule has 0 spiro atoms. The molecule has 172 valence electrons. The van der Waals surface area contributed by atoms with Crippen LogP contribution in [-0.2, 0) is 14.8 Å². The van der Waals surface area contributed by atoms with E-state index in [1.54, 1.807) is 0 Å². The number of benzene rings is 2. The van der Waals surface area contributed by atoms with Gasteiger partial charge in [0.25, 0.3) is 5.91 Å². The minimum absolute atomic E-state index is 0.0218. The van der Waals surface area contributed by atoms with Crippen LogP contribution in [0.4, 0.5) is 5.69 Å². The predicted octanol–water partition coefficient (Wildman–Crippen LogP) is 3.76. The summed E-state index contributed by atoms with van der Waals surface area (Å²) in [6.45, 7) is 4.98. The highest BCUT2D eigenvalue weighted by molar-refractivity contribution is 7.89. The third-order valence-electron chi connectivity index (χ3n) is 5.57. The van der Waals surface area contributed by atoms with Crippen LogP contribution in [0.1, 0.15) is 41.7 Å². The lowest BCUT2D eigenvalue weighted by Crippen LogP contribution is -2.36. The molecule has 0 bridgehead atoms. The van der Waals surface area contributed by atoms with Crippen LogP contribution in [0.3, 0.4) is 0 Å². The first kappa shape index (κ1) is 23.3. The SMILES string of the molecule is CC(NC(=O)c1cc(S(=O)(=O)NC2CC2)c(Cl)cc1Cl)c1ccc(N2CCOCC2)cc1. The summed E-state index contributed by atoms with van der Waals surface area (Å²) in [7, 11) is -3.83. The highest BCUT2D eigenvalue weighted by Gasteiger charge is 2.30. The van der Waals surface area contributed by atoms with Crippen LogP contribution in [0.15, 0.2) is 41.3 Å². The van der Waals surface area contributed by atoms with E-state index in [1.165, 1.54) is 12.1 Å². The summed E-state index contributed by atoms with van der Waals surface area (Å²) in [6.07, 6.45) is 1.58. The van der Waals surface area contributed by atoms with Gasteiger partial charge in [0.15, 0.2) is 0 Å². The van der Waals surface area contributed by atoms with Crippen molar-refractivity contribution in [3.8, 4) is 0 Å². The van der Waals surface area contributed by atoms with E-state index in [0.717, 1.165) is 37.2 Å². The maximum Gasteiger partial charge on any atom is 0.253 e. The molecule has 1 atom stereocenters. The molecule has 7 nitrogen and oxygen atoms in total. The molecule has 32 heavy (non-hydrogen) atoms. The van der Waals surface area contributed by atoms with E-state index in [-0.39, 0.29) is 32.6 Å². The Morgan fingerprint density at radius 2 is 1.75 bits per heavy atom. The number of anilines is 1. The minimum atomic E-state index is -3.83. The van der Waals surface area contributed by atoms with E-state index < -0.39 is 15.9 Å². The molecule has 2 fully saturated rings. The van der Waals surface area contributed by atoms with Gasteiger partial charge in [-0.25, -0.2) is 13.1 Å². The monoisotopic (exact) mass is 497 g/mol. The van der Waals surface area contributed by atoms with E-state index in [2.05, 4.69) is 14.9 Å². The summed E-state index contributed by atoms with van der Waals surface area (Å²) in [4.78, 5) is 15.0. The molecule has 2 N–H and O–H groups in total. The van der Waals surface area contributed by atoms with Crippen molar-refractivity contribution in [3.63, 3.8) is 0 Å². The Bertz CT molecular complexity index is 1100. The Hall–Kier alpha value is -1.84. The fourth-order valence-corrected chi connectivity index (χ4v) is 5.71. The van der Waals surface area contributed by atoms with Crippen molar-refractivity contribution < 1.29 is 17.9 Å². The number of halogens is 2. The van der Waals surface area contributed by atoms with Crippen molar-refractivity contribution in [2.75, 3.05) is 31.2 Å². The van der Waals surface area contributed by atoms with Gasteiger partial charge in [-0.2, -0.15) is 0 Å². The summed E-state index contributed by atoms with van der Waals surface area (Å²) in [5.74, 6) is -0.473. The van der Waals surface area contributed by atoms with Gasteiger partial charge < -0.3 is 15.0 Å². The van der Waals surface area contributed by atoms with Gasteiger partial charge in [-0.15, -0.1) is 0 Å². The topological polar surface area (TPSA) is 87.7 Å². The zero-order chi connectivity index (χ0) is 22.9. The molecule has 1 aliphatic heterocycles. The Morgan fingerprint density at radius 3 is 2.38 bits per heavy atom. The quantitative estimate of drug-likeness (QED) is 0.607. The van der Waals surface area contributed by atoms with Gasteiger partial charge in [-0.1, -0.05) is 35.3 Å². The number of hydrogen-bond acceptors (Lipinski definition) is 5. The Kier molecular flexibility index (Phi) is 6.97. The molecule has 2 aliphatic rings. The molecule has 1 unspecified atom stereocenters. The predicted molar refractivity (Wildman–Crippen MR) is 125 cm³/mol. The van der Waals surface area contributed by atoms with Crippen molar-refractivity contribution in [1.29, 1.82) is 0 Å². The van der Waals surface area contributed by atoms with Crippen molar-refractivity contribution in [3.05, 3.63) is 57.6 Å². The van der Waals surface area contributed by atoms with Crippen LogP contribution >= 0.6 is 23.2 Å². The van der Waals surface area contributed by atoms with Crippen molar-refractivity contribution in [2.45, 2.75) is 36.7 Å². The van der Waals surface area contributed by atoms with Gasteiger partial charge in [-0.05, 0) is 49.6 Å². The largest absolute Gasteiger partial charge is 0.378 e. The second kappa shape index (κ2) is 9.57. The molecular formula is C22H25Cl2N3O4S. The third kappa shape index (κ3) is 5.38. The van der Waals surface area contributed by atoms with Crippen molar-refractivity contribution >= 4 is 44.8 Å². The van der Waals surface area contributed by atoms with Gasteiger partial charge in [0.05, 0.1) is 34.9 Å². The summed E-state index contributed by atoms with van der Waals surface area (Å²) in [5.41, 5.74) is 2.09. The molecule has 1 aliphatic carbocycles. The van der Waals surface area contributed by atoms with Crippen LogP contribution < -0.4 is 14.9 Å². The average Bonchev–Trinajstić information content (AvgIpc) is 3.57. The molecule has 2 aromatic carbocycles. The maximum atomic E-state index is 12.9. The molecule has 1 amide bonds. The Morgan fingerprint density at radius 1 is 1.09 bits per heavy atom. The summed E-state index contributed by atoms with van der Waals surface area (Å²) < 4.78 is 33.2. The molecular weight excluding hydrogens is 473 g/mol. The van der Waals surface area contributed by atoms with E-state index >= 15 is 0 Å². The summed E-state index contributed by atoms with van der Waals surface area (Å²) in [5, 5.41) is 2.96. The fraction of sp³-hybridized carbons (Fsp3) is 0.409. The Balaban J connectivity index is 1.48. The number of nitrogens with zero attached hydrogens (tertiary/aromatic N) is 1. The van der Waals surface area contributed by atoms with Crippen molar-refractivity contribution in [2.24, 2.45) is 0 Å². The van der Waals surface area contributed by atoms with E-state index in [1.807, 2.05) is 31.2 Å². The average molecular weight is 498 g/mol. The van der Waals surface area contributed by atoms with E-state index in [4.69, 9.17) is 27.9 Å². The van der Waals surface area contributed by atoms with Crippen molar-refractivity contribution in [1.82, 2.24) is 10.0 Å². The number of nitrogens with one attached hydrogen (secondary N) is 2. The summed E-state index contributed by atoms with van der Waals surface area (Å²) in [6, 6.07) is 10.1. The number of rotatable bonds is 7. The molecule has 0 radical (unpaired) electrons. The lowest BCUT2D eigenvalue weighted by molar-refractivity contribution is 0.0940. The van der Waals surface area contributed by atoms with Crippen LogP contribution in [-0.4, -0.2) is 46.7 Å². The first-order chi connectivity index (χ1) is 15.2. The zero-order valence-corrected chi connectivity index (χ0v) is 19.9. The molecule has 1 saturated carbocycles. The second-order valence-electron chi connectivity index (χ2n) is 8.04. The van der Waals surface area contributed by atoms with Gasteiger partial charge in [-0.3, -0.25) is 4.79 Å². The summed E-state index contributed by atoms with van der Waals surface area (Å²) >= 11 is 12.4. The Labute approximate surface area is 198 Å². The molecule has 2 aromatic rings. The van der Waals surface area contributed by atoms with Gasteiger partial charge in [0.2, 0.25) is 10.0 Å². The first-order valence-electron chi connectivity index (χ1n) is 10.5.